The van der Waals surface area contributed by atoms with Crippen molar-refractivity contribution in [3.8, 4) is 0 Å². The van der Waals surface area contributed by atoms with Crippen molar-refractivity contribution >= 4 is 0 Å². The highest BCUT2D eigenvalue weighted by Crippen LogP contribution is 2.40. The Labute approximate surface area is 117 Å². The van der Waals surface area contributed by atoms with Gasteiger partial charge in [-0.05, 0) is 42.2 Å². The predicted molar refractivity (Wildman–Crippen MR) is 74.5 cm³/mol. The molecule has 1 aromatic heterocycles. The number of aromatic nitrogens is 1. The molecule has 1 heterocycles. The molecule has 0 amide bonds. The molecule has 0 aliphatic heterocycles. The molecule has 0 radical (unpaired) electrons. The first-order chi connectivity index (χ1) is 9.66. The fourth-order valence-corrected chi connectivity index (χ4v) is 2.97. The number of hydrogen-bond donors (Lipinski definition) is 2. The van der Waals surface area contributed by atoms with Crippen LogP contribution in [0.2, 0.25) is 0 Å². The minimum atomic E-state index is -0.601. The molecule has 3 nitrogen and oxygen atoms in total. The molecular formula is C16H17FN2O. The van der Waals surface area contributed by atoms with Crippen molar-refractivity contribution in [2.75, 3.05) is 0 Å². The fraction of sp³-hybridized carbons (Fsp3) is 0.312. The molecule has 0 saturated carbocycles. The van der Waals surface area contributed by atoms with Gasteiger partial charge in [-0.25, -0.2) is 4.39 Å². The van der Waals surface area contributed by atoms with E-state index in [1.54, 1.807) is 12.3 Å². The number of halogens is 1. The zero-order valence-electron chi connectivity index (χ0n) is 11.0. The van der Waals surface area contributed by atoms with Gasteiger partial charge in [0.15, 0.2) is 0 Å². The van der Waals surface area contributed by atoms with Gasteiger partial charge in [-0.2, -0.15) is 0 Å². The highest BCUT2D eigenvalue weighted by molar-refractivity contribution is 5.33. The van der Waals surface area contributed by atoms with Crippen molar-refractivity contribution in [3.63, 3.8) is 0 Å². The van der Waals surface area contributed by atoms with E-state index >= 15 is 0 Å². The van der Waals surface area contributed by atoms with Gasteiger partial charge in [-0.1, -0.05) is 18.2 Å². The molecule has 1 aromatic carbocycles. The highest BCUT2D eigenvalue weighted by Gasteiger charge is 2.30. The maximum atomic E-state index is 13.4. The number of hydrogen-bond acceptors (Lipinski definition) is 3. The molecule has 104 valence electrons. The first-order valence-corrected chi connectivity index (χ1v) is 6.80. The Morgan fingerprint density at radius 2 is 2.05 bits per heavy atom. The number of benzene rings is 1. The van der Waals surface area contributed by atoms with Crippen LogP contribution in [-0.4, -0.2) is 10.1 Å². The summed E-state index contributed by atoms with van der Waals surface area (Å²) >= 11 is 0. The Hall–Kier alpha value is -1.78. The second-order valence-corrected chi connectivity index (χ2v) is 5.26. The molecule has 4 heteroatoms. The Bertz CT molecular complexity index is 617. The summed E-state index contributed by atoms with van der Waals surface area (Å²) in [5.74, 6) is -0.267. The lowest BCUT2D eigenvalue weighted by Crippen LogP contribution is -2.20. The smallest absolute Gasteiger partial charge is 0.123 e. The molecule has 0 unspecified atom stereocenters. The van der Waals surface area contributed by atoms with Crippen LogP contribution >= 0.6 is 0 Å². The molecule has 0 saturated heterocycles. The zero-order valence-corrected chi connectivity index (χ0v) is 11.0. The van der Waals surface area contributed by atoms with E-state index in [4.69, 9.17) is 5.73 Å². The lowest BCUT2D eigenvalue weighted by atomic mass is 9.86. The Balaban J connectivity index is 2.03. The number of aliphatic hydroxyl groups excluding tert-OH is 1. The molecule has 3 rings (SSSR count). The van der Waals surface area contributed by atoms with E-state index in [1.807, 2.05) is 18.2 Å². The van der Waals surface area contributed by atoms with Gasteiger partial charge in [0, 0.05) is 18.2 Å². The number of rotatable bonds is 1. The topological polar surface area (TPSA) is 59.1 Å². The summed E-state index contributed by atoms with van der Waals surface area (Å²) in [4.78, 5) is 4.25. The standard InChI is InChI=1S/C16H17FN2O/c17-11-4-1-3-10(9-11)12-6-7-14(20)16-13(15(12)18)5-2-8-19-16/h1-5,8-9,12,14-15,20H,6-7,18H2/t12-,14+,15-/m0/s1. The third-order valence-electron chi connectivity index (χ3n) is 4.01. The largest absolute Gasteiger partial charge is 0.387 e. The van der Waals surface area contributed by atoms with Crippen molar-refractivity contribution < 1.29 is 9.50 Å². The van der Waals surface area contributed by atoms with Gasteiger partial charge < -0.3 is 10.8 Å². The second-order valence-electron chi connectivity index (χ2n) is 5.26. The van der Waals surface area contributed by atoms with Gasteiger partial charge in [-0.3, -0.25) is 4.98 Å². The van der Waals surface area contributed by atoms with Crippen LogP contribution in [0.4, 0.5) is 4.39 Å². The van der Waals surface area contributed by atoms with E-state index < -0.39 is 6.10 Å². The van der Waals surface area contributed by atoms with Gasteiger partial charge in [-0.15, -0.1) is 0 Å². The van der Waals surface area contributed by atoms with E-state index in [9.17, 15) is 9.50 Å². The second kappa shape index (κ2) is 5.31. The van der Waals surface area contributed by atoms with Crippen LogP contribution in [0, 0.1) is 5.82 Å². The van der Waals surface area contributed by atoms with Crippen LogP contribution < -0.4 is 5.73 Å². The number of pyridine rings is 1. The summed E-state index contributed by atoms with van der Waals surface area (Å²) in [5, 5.41) is 10.2. The molecule has 0 spiro atoms. The Morgan fingerprint density at radius 1 is 1.20 bits per heavy atom. The van der Waals surface area contributed by atoms with Crippen LogP contribution in [0.15, 0.2) is 42.6 Å². The summed E-state index contributed by atoms with van der Waals surface area (Å²) in [6, 6.07) is 9.98. The van der Waals surface area contributed by atoms with Crippen LogP contribution in [0.5, 0.6) is 0 Å². The van der Waals surface area contributed by atoms with Crippen molar-refractivity contribution in [3.05, 3.63) is 65.2 Å². The highest BCUT2D eigenvalue weighted by atomic mass is 19.1. The monoisotopic (exact) mass is 272 g/mol. The van der Waals surface area contributed by atoms with E-state index in [0.717, 1.165) is 11.1 Å². The quantitative estimate of drug-likeness (QED) is 0.785. The van der Waals surface area contributed by atoms with E-state index in [0.29, 0.717) is 18.5 Å². The van der Waals surface area contributed by atoms with Gasteiger partial charge in [0.2, 0.25) is 0 Å². The molecule has 20 heavy (non-hydrogen) atoms. The maximum absolute atomic E-state index is 13.4. The number of aliphatic hydroxyl groups is 1. The average molecular weight is 272 g/mol. The zero-order chi connectivity index (χ0) is 14.1. The van der Waals surface area contributed by atoms with Crippen molar-refractivity contribution in [1.82, 2.24) is 4.98 Å². The van der Waals surface area contributed by atoms with Crippen LogP contribution in [-0.2, 0) is 0 Å². The number of nitrogens with zero attached hydrogens (tertiary/aromatic N) is 1. The summed E-state index contributed by atoms with van der Waals surface area (Å²) in [6.45, 7) is 0. The molecule has 3 N–H and O–H groups in total. The minimum Gasteiger partial charge on any atom is -0.387 e. The summed E-state index contributed by atoms with van der Waals surface area (Å²) < 4.78 is 13.4. The molecular weight excluding hydrogens is 255 g/mol. The fourth-order valence-electron chi connectivity index (χ4n) is 2.97. The van der Waals surface area contributed by atoms with E-state index in [-0.39, 0.29) is 17.8 Å². The van der Waals surface area contributed by atoms with Gasteiger partial charge in [0.25, 0.3) is 0 Å². The summed E-state index contributed by atoms with van der Waals surface area (Å²) in [7, 11) is 0. The third kappa shape index (κ3) is 2.32. The van der Waals surface area contributed by atoms with Gasteiger partial charge >= 0.3 is 0 Å². The van der Waals surface area contributed by atoms with Crippen LogP contribution in [0.25, 0.3) is 0 Å². The lowest BCUT2D eigenvalue weighted by molar-refractivity contribution is 0.160. The summed E-state index contributed by atoms with van der Waals surface area (Å²) in [5.41, 5.74) is 8.74. The van der Waals surface area contributed by atoms with Crippen LogP contribution in [0.3, 0.4) is 0 Å². The SMILES string of the molecule is N[C@@H]1c2cccnc2[C@H](O)CC[C@H]1c1cccc(F)c1. The van der Waals surface area contributed by atoms with E-state index in [2.05, 4.69) is 4.98 Å². The summed E-state index contributed by atoms with van der Waals surface area (Å²) in [6.07, 6.45) is 2.36. The first-order valence-electron chi connectivity index (χ1n) is 6.80. The first kappa shape index (κ1) is 13.2. The number of nitrogens with two attached hydrogens (primary N) is 1. The minimum absolute atomic E-state index is 0.00852. The maximum Gasteiger partial charge on any atom is 0.123 e. The lowest BCUT2D eigenvalue weighted by Gasteiger charge is -2.23. The normalized spacial score (nSPS) is 25.9. The molecule has 3 atom stereocenters. The molecule has 0 fully saturated rings. The molecule has 1 aliphatic rings. The molecule has 1 aliphatic carbocycles. The Morgan fingerprint density at radius 3 is 2.85 bits per heavy atom. The average Bonchev–Trinajstić information content (AvgIpc) is 2.58. The number of fused-ring (bicyclic) bond motifs is 1. The van der Waals surface area contributed by atoms with Crippen molar-refractivity contribution in [2.24, 2.45) is 5.73 Å². The van der Waals surface area contributed by atoms with Crippen LogP contribution in [0.1, 0.15) is 47.7 Å². The predicted octanol–water partition coefficient (Wildman–Crippen LogP) is 2.83. The Kier molecular flexibility index (Phi) is 3.51. The van der Waals surface area contributed by atoms with Gasteiger partial charge in [0.1, 0.15) is 5.82 Å². The van der Waals surface area contributed by atoms with Gasteiger partial charge in [0.05, 0.1) is 11.8 Å². The third-order valence-corrected chi connectivity index (χ3v) is 4.01. The van der Waals surface area contributed by atoms with E-state index in [1.165, 1.54) is 12.1 Å². The van der Waals surface area contributed by atoms with Crippen molar-refractivity contribution in [2.45, 2.75) is 30.9 Å². The molecule has 0 bridgehead atoms. The molecule has 2 aromatic rings. The van der Waals surface area contributed by atoms with Crippen molar-refractivity contribution in [1.29, 1.82) is 0 Å².